The van der Waals surface area contributed by atoms with E-state index in [4.69, 9.17) is 4.74 Å². The molecule has 0 radical (unpaired) electrons. The van der Waals surface area contributed by atoms with Crippen LogP contribution < -0.4 is 15.4 Å². The zero-order valence-electron chi connectivity index (χ0n) is 17.0. The maximum absolute atomic E-state index is 12.2. The molecule has 164 valence electrons. The van der Waals surface area contributed by atoms with Crippen molar-refractivity contribution < 1.29 is 29.3 Å². The minimum Gasteiger partial charge on any atom is -0.497 e. The normalized spacial score (nSPS) is 16.3. The lowest BCUT2D eigenvalue weighted by molar-refractivity contribution is -0.135. The van der Waals surface area contributed by atoms with E-state index in [0.29, 0.717) is 17.0 Å². The van der Waals surface area contributed by atoms with Crippen molar-refractivity contribution in [2.45, 2.75) is 18.9 Å². The van der Waals surface area contributed by atoms with Crippen molar-refractivity contribution in [3.63, 3.8) is 0 Å². The number of rotatable bonds is 4. The highest BCUT2D eigenvalue weighted by Gasteiger charge is 2.33. The number of ether oxygens (including phenoxy) is 1. The number of aliphatic imine (C=N–C) groups is 1. The summed E-state index contributed by atoms with van der Waals surface area (Å²) in [6, 6.07) is 9.99. The monoisotopic (exact) mass is 436 g/mol. The molecule has 1 saturated heterocycles. The summed E-state index contributed by atoms with van der Waals surface area (Å²) in [4.78, 5) is 39.8. The highest BCUT2D eigenvalue weighted by atomic mass is 16.5. The summed E-state index contributed by atoms with van der Waals surface area (Å²) in [7, 11) is 1.52. The average molecular weight is 436 g/mol. The highest BCUT2D eigenvalue weighted by Crippen LogP contribution is 2.41. The van der Waals surface area contributed by atoms with E-state index in [1.54, 1.807) is 42.5 Å². The quantitative estimate of drug-likeness (QED) is 0.366. The van der Waals surface area contributed by atoms with E-state index in [2.05, 4.69) is 15.6 Å². The number of methoxy groups -OCH3 is 1. The molecule has 0 aliphatic carbocycles. The Morgan fingerprint density at radius 2 is 2.00 bits per heavy atom. The van der Waals surface area contributed by atoms with Crippen molar-refractivity contribution in [2.24, 2.45) is 4.99 Å². The Balaban J connectivity index is 1.64. The van der Waals surface area contributed by atoms with E-state index >= 15 is 0 Å². The molecular weight excluding hydrogens is 416 g/mol. The predicted octanol–water partition coefficient (Wildman–Crippen LogP) is 2.69. The average Bonchev–Trinajstić information content (AvgIpc) is 3.03. The smallest absolute Gasteiger partial charge is 0.345 e. The van der Waals surface area contributed by atoms with Gasteiger partial charge in [-0.15, -0.1) is 0 Å². The van der Waals surface area contributed by atoms with Gasteiger partial charge in [0.15, 0.2) is 0 Å². The topological polar surface area (TPSA) is 142 Å². The molecule has 1 unspecified atom stereocenters. The lowest BCUT2D eigenvalue weighted by Crippen LogP contribution is -2.41. The first-order valence-corrected chi connectivity index (χ1v) is 9.76. The molecular formula is C22H20N4O6. The molecule has 10 heteroatoms. The molecule has 0 saturated carbocycles. The van der Waals surface area contributed by atoms with Gasteiger partial charge in [0.2, 0.25) is 23.6 Å². The summed E-state index contributed by atoms with van der Waals surface area (Å²) in [6.07, 6.45) is 1.48. The maximum Gasteiger partial charge on any atom is 0.345 e. The number of carbonyl (C=O) groups excluding carboxylic acids is 3. The van der Waals surface area contributed by atoms with Gasteiger partial charge in [-0.25, -0.2) is 9.79 Å². The third-order valence-corrected chi connectivity index (χ3v) is 5.18. The first kappa shape index (κ1) is 20.9. The second kappa shape index (κ2) is 8.42. The van der Waals surface area contributed by atoms with Crippen LogP contribution in [0.4, 0.5) is 10.5 Å². The standard InChI is InChI=1S/C22H20N4O6/c1-32-14-6-3-5-13(10-14)24-22(31)23-11-12-4-2-7-15-18(12)21(30)26(20(15)29)16-8-9-17(27)25-19(16)28/h2-7,10-11,16,29-30H,8-9H2,1H3,(H,24,31)(H,25,27,28). The Morgan fingerprint density at radius 1 is 1.22 bits per heavy atom. The number of urea groups is 1. The van der Waals surface area contributed by atoms with Crippen LogP contribution >= 0.6 is 0 Å². The van der Waals surface area contributed by atoms with Crippen molar-refractivity contribution in [3.05, 3.63) is 48.0 Å². The van der Waals surface area contributed by atoms with Crippen molar-refractivity contribution in [3.8, 4) is 17.5 Å². The summed E-state index contributed by atoms with van der Waals surface area (Å²) >= 11 is 0. The van der Waals surface area contributed by atoms with E-state index in [9.17, 15) is 24.6 Å². The molecule has 0 spiro atoms. The van der Waals surface area contributed by atoms with E-state index in [1.807, 2.05) is 0 Å². The fourth-order valence-electron chi connectivity index (χ4n) is 3.67. The summed E-state index contributed by atoms with van der Waals surface area (Å²) in [5.74, 6) is -1.12. The van der Waals surface area contributed by atoms with Gasteiger partial charge >= 0.3 is 6.03 Å². The molecule has 1 aromatic heterocycles. The summed E-state index contributed by atoms with van der Waals surface area (Å²) in [5, 5.41) is 26.8. The van der Waals surface area contributed by atoms with Crippen LogP contribution in [0.25, 0.3) is 10.8 Å². The second-order valence-electron chi connectivity index (χ2n) is 7.17. The number of hydrogen-bond acceptors (Lipinski definition) is 6. The molecule has 32 heavy (non-hydrogen) atoms. The molecule has 3 aromatic rings. The van der Waals surface area contributed by atoms with E-state index < -0.39 is 23.9 Å². The van der Waals surface area contributed by atoms with Crippen LogP contribution in [0.1, 0.15) is 24.4 Å². The largest absolute Gasteiger partial charge is 0.497 e. The molecule has 1 fully saturated rings. The molecule has 1 aliphatic rings. The van der Waals surface area contributed by atoms with E-state index in [1.165, 1.54) is 13.3 Å². The van der Waals surface area contributed by atoms with Crippen molar-refractivity contribution in [2.75, 3.05) is 12.4 Å². The number of amides is 4. The van der Waals surface area contributed by atoms with Crippen LogP contribution in [-0.4, -0.2) is 46.0 Å². The zero-order chi connectivity index (χ0) is 22.8. The van der Waals surface area contributed by atoms with Crippen LogP contribution in [0.5, 0.6) is 17.5 Å². The Hall–Kier alpha value is -4.34. The SMILES string of the molecule is COc1cccc(NC(=O)N=Cc2cccc3c(O)n(C4CCC(=O)NC4=O)c(O)c23)c1. The molecule has 10 nitrogen and oxygen atoms in total. The predicted molar refractivity (Wildman–Crippen MR) is 116 cm³/mol. The molecule has 0 bridgehead atoms. The van der Waals surface area contributed by atoms with Gasteiger partial charge in [-0.2, -0.15) is 0 Å². The lowest BCUT2D eigenvalue weighted by atomic mass is 10.1. The van der Waals surface area contributed by atoms with Crippen molar-refractivity contribution in [1.29, 1.82) is 0 Å². The van der Waals surface area contributed by atoms with E-state index in [-0.39, 0.29) is 35.4 Å². The Kier molecular flexibility index (Phi) is 5.50. The van der Waals surface area contributed by atoms with Gasteiger partial charge in [-0.1, -0.05) is 18.2 Å². The Morgan fingerprint density at radius 3 is 2.75 bits per heavy atom. The number of anilines is 1. The van der Waals surface area contributed by atoms with Crippen molar-refractivity contribution in [1.82, 2.24) is 9.88 Å². The number of imide groups is 1. The van der Waals surface area contributed by atoms with Crippen LogP contribution in [0.15, 0.2) is 47.5 Å². The van der Waals surface area contributed by atoms with E-state index in [0.717, 1.165) is 4.57 Å². The van der Waals surface area contributed by atoms with Crippen LogP contribution in [0, 0.1) is 0 Å². The number of fused-ring (bicyclic) bond motifs is 1. The minimum absolute atomic E-state index is 0.0859. The number of piperidine rings is 1. The summed E-state index contributed by atoms with van der Waals surface area (Å²) in [5.41, 5.74) is 0.858. The molecule has 2 heterocycles. The van der Waals surface area contributed by atoms with Gasteiger partial charge < -0.3 is 20.3 Å². The zero-order valence-corrected chi connectivity index (χ0v) is 17.0. The summed E-state index contributed by atoms with van der Waals surface area (Å²) < 4.78 is 6.20. The Labute approximate surface area is 182 Å². The fraction of sp³-hybridized carbons (Fsp3) is 0.182. The van der Waals surface area contributed by atoms with Crippen LogP contribution in [-0.2, 0) is 9.59 Å². The number of carbonyl (C=O) groups is 3. The van der Waals surface area contributed by atoms with Gasteiger partial charge in [0.1, 0.15) is 11.8 Å². The second-order valence-corrected chi connectivity index (χ2v) is 7.17. The number of benzene rings is 2. The fourth-order valence-corrected chi connectivity index (χ4v) is 3.67. The van der Waals surface area contributed by atoms with Gasteiger partial charge in [-0.05, 0) is 24.6 Å². The third kappa shape index (κ3) is 3.85. The van der Waals surface area contributed by atoms with Gasteiger partial charge in [-0.3, -0.25) is 19.5 Å². The minimum atomic E-state index is -0.943. The number of nitrogens with one attached hydrogen (secondary N) is 2. The van der Waals surface area contributed by atoms with Crippen molar-refractivity contribution >= 4 is 40.5 Å². The molecule has 4 N–H and O–H groups in total. The molecule has 2 aromatic carbocycles. The first-order valence-electron chi connectivity index (χ1n) is 9.76. The number of aromatic nitrogens is 1. The van der Waals surface area contributed by atoms with Gasteiger partial charge in [0.05, 0.1) is 12.5 Å². The molecule has 4 rings (SSSR count). The van der Waals surface area contributed by atoms with Gasteiger partial charge in [0, 0.05) is 35.3 Å². The van der Waals surface area contributed by atoms with Gasteiger partial charge in [0.25, 0.3) is 0 Å². The van der Waals surface area contributed by atoms with Crippen LogP contribution in [0.3, 0.4) is 0 Å². The number of nitrogens with zero attached hydrogens (tertiary/aromatic N) is 2. The lowest BCUT2D eigenvalue weighted by Gasteiger charge is -2.23. The highest BCUT2D eigenvalue weighted by molar-refractivity contribution is 6.09. The molecule has 1 aliphatic heterocycles. The first-order chi connectivity index (χ1) is 15.4. The maximum atomic E-state index is 12.2. The number of aromatic hydroxyl groups is 2. The molecule has 4 amide bonds. The third-order valence-electron chi connectivity index (χ3n) is 5.18. The van der Waals surface area contributed by atoms with Crippen LogP contribution in [0.2, 0.25) is 0 Å². The Bertz CT molecular complexity index is 1260. The molecule has 1 atom stereocenters. The number of hydrogen-bond donors (Lipinski definition) is 4. The summed E-state index contributed by atoms with van der Waals surface area (Å²) in [6.45, 7) is 0.